The number of nitrogens with two attached hydrogens (primary N) is 1. The summed E-state index contributed by atoms with van der Waals surface area (Å²) in [4.78, 5) is 29.2. The summed E-state index contributed by atoms with van der Waals surface area (Å²) in [5.74, 6) is -0.0569. The summed E-state index contributed by atoms with van der Waals surface area (Å²) in [6.07, 6.45) is 5.85. The van der Waals surface area contributed by atoms with Gasteiger partial charge in [0.1, 0.15) is 0 Å². The van der Waals surface area contributed by atoms with E-state index in [2.05, 4.69) is 10.3 Å². The van der Waals surface area contributed by atoms with Gasteiger partial charge < -0.3 is 11.1 Å². The van der Waals surface area contributed by atoms with Crippen LogP contribution in [0.15, 0.2) is 29.3 Å². The third-order valence-electron chi connectivity index (χ3n) is 4.99. The normalized spacial score (nSPS) is 15.8. The van der Waals surface area contributed by atoms with E-state index in [1.165, 1.54) is 10.9 Å². The van der Waals surface area contributed by atoms with Gasteiger partial charge in [0.15, 0.2) is 0 Å². The predicted molar refractivity (Wildman–Crippen MR) is 101 cm³/mol. The molecule has 0 aliphatic heterocycles. The number of para-hydroxylation sites is 1. The molecule has 1 amide bonds. The summed E-state index contributed by atoms with van der Waals surface area (Å²) in [6.45, 7) is 2.72. The van der Waals surface area contributed by atoms with Crippen LogP contribution in [0.5, 0.6) is 0 Å². The van der Waals surface area contributed by atoms with E-state index in [1.54, 1.807) is 6.07 Å². The Hall–Kier alpha value is -1.92. The van der Waals surface area contributed by atoms with Gasteiger partial charge in [-0.1, -0.05) is 25.0 Å². The second-order valence-corrected chi connectivity index (χ2v) is 6.70. The minimum Gasteiger partial charge on any atom is -0.349 e. The predicted octanol–water partition coefficient (Wildman–Crippen LogP) is 1.90. The number of carbonyl (C=O) groups is 1. The van der Waals surface area contributed by atoms with E-state index in [0.717, 1.165) is 36.8 Å². The van der Waals surface area contributed by atoms with Crippen LogP contribution in [0.25, 0.3) is 10.9 Å². The summed E-state index contributed by atoms with van der Waals surface area (Å²) >= 11 is 0. The lowest BCUT2D eigenvalue weighted by Gasteiger charge is -2.28. The maximum Gasteiger partial charge on any atom is 0.261 e. The van der Waals surface area contributed by atoms with Crippen LogP contribution in [0.4, 0.5) is 0 Å². The van der Waals surface area contributed by atoms with Crippen LogP contribution in [-0.4, -0.2) is 27.5 Å². The van der Waals surface area contributed by atoms with Crippen molar-refractivity contribution in [1.82, 2.24) is 14.9 Å². The fourth-order valence-corrected chi connectivity index (χ4v) is 3.51. The number of nitrogens with one attached hydrogen (secondary N) is 1. The molecular formula is C18H25ClN4O2. The van der Waals surface area contributed by atoms with Crippen molar-refractivity contribution in [2.75, 3.05) is 6.54 Å². The molecule has 7 heteroatoms. The molecular weight excluding hydrogens is 340 g/mol. The average molecular weight is 365 g/mol. The van der Waals surface area contributed by atoms with Crippen molar-refractivity contribution in [2.24, 2.45) is 5.73 Å². The van der Waals surface area contributed by atoms with Crippen molar-refractivity contribution in [1.29, 1.82) is 0 Å². The molecule has 0 unspecified atom stereocenters. The number of fused-ring (bicyclic) bond motifs is 1. The molecule has 136 valence electrons. The summed E-state index contributed by atoms with van der Waals surface area (Å²) in [6, 6.07) is 5.56. The Labute approximate surface area is 153 Å². The van der Waals surface area contributed by atoms with Crippen molar-refractivity contribution in [3.63, 3.8) is 0 Å². The summed E-state index contributed by atoms with van der Waals surface area (Å²) in [5.41, 5.74) is 7.18. The summed E-state index contributed by atoms with van der Waals surface area (Å²) in [7, 11) is 0. The van der Waals surface area contributed by atoms with Gasteiger partial charge in [-0.2, -0.15) is 0 Å². The zero-order chi connectivity index (χ0) is 17.2. The Kier molecular flexibility index (Phi) is 6.19. The second kappa shape index (κ2) is 7.97. The van der Waals surface area contributed by atoms with E-state index >= 15 is 0 Å². The molecule has 2 aromatic rings. The van der Waals surface area contributed by atoms with Gasteiger partial charge >= 0.3 is 0 Å². The molecule has 3 rings (SSSR count). The molecule has 6 nitrogen and oxygen atoms in total. The minimum atomic E-state index is -0.249. The van der Waals surface area contributed by atoms with Crippen LogP contribution in [0, 0.1) is 6.92 Å². The number of rotatable bonds is 5. The number of aromatic nitrogens is 2. The van der Waals surface area contributed by atoms with Crippen molar-refractivity contribution in [3.8, 4) is 0 Å². The van der Waals surface area contributed by atoms with Crippen molar-refractivity contribution in [2.45, 2.75) is 51.1 Å². The first-order valence-corrected chi connectivity index (χ1v) is 8.50. The SMILES string of the molecule is Cc1cccc2c(=O)n(CCC(=O)NC3(CN)CCCC3)cnc12.Cl. The molecule has 1 aromatic carbocycles. The van der Waals surface area contributed by atoms with Gasteiger partial charge in [-0.15, -0.1) is 12.4 Å². The van der Waals surface area contributed by atoms with Gasteiger partial charge in [0.2, 0.25) is 5.91 Å². The Morgan fingerprint density at radius 3 is 2.76 bits per heavy atom. The third-order valence-corrected chi connectivity index (χ3v) is 4.99. The second-order valence-electron chi connectivity index (χ2n) is 6.70. The first-order chi connectivity index (χ1) is 11.5. The van der Waals surface area contributed by atoms with E-state index in [1.807, 2.05) is 19.1 Å². The maximum absolute atomic E-state index is 12.5. The smallest absolute Gasteiger partial charge is 0.261 e. The van der Waals surface area contributed by atoms with Gasteiger partial charge in [-0.3, -0.25) is 14.2 Å². The molecule has 1 heterocycles. The number of aryl methyl sites for hydroxylation is 2. The monoisotopic (exact) mass is 364 g/mol. The van der Waals surface area contributed by atoms with Gasteiger partial charge in [0.25, 0.3) is 5.56 Å². The van der Waals surface area contributed by atoms with Gasteiger partial charge in [0.05, 0.1) is 22.8 Å². The minimum absolute atomic E-state index is 0. The maximum atomic E-state index is 12.5. The lowest BCUT2D eigenvalue weighted by molar-refractivity contribution is -0.123. The molecule has 1 aromatic heterocycles. The topological polar surface area (TPSA) is 90.0 Å². The van der Waals surface area contributed by atoms with E-state index < -0.39 is 0 Å². The Morgan fingerprint density at radius 2 is 2.08 bits per heavy atom. The molecule has 0 saturated heterocycles. The summed E-state index contributed by atoms with van der Waals surface area (Å²) in [5, 5.41) is 3.67. The van der Waals surface area contributed by atoms with Crippen LogP contribution in [0.1, 0.15) is 37.7 Å². The number of benzene rings is 1. The quantitative estimate of drug-likeness (QED) is 0.847. The number of nitrogens with zero attached hydrogens (tertiary/aromatic N) is 2. The fourth-order valence-electron chi connectivity index (χ4n) is 3.51. The third kappa shape index (κ3) is 4.02. The van der Waals surface area contributed by atoms with E-state index in [0.29, 0.717) is 18.5 Å². The van der Waals surface area contributed by atoms with E-state index in [4.69, 9.17) is 5.73 Å². The Morgan fingerprint density at radius 1 is 1.36 bits per heavy atom. The molecule has 0 bridgehead atoms. The van der Waals surface area contributed by atoms with Crippen LogP contribution in [-0.2, 0) is 11.3 Å². The highest BCUT2D eigenvalue weighted by molar-refractivity contribution is 5.85. The molecule has 0 radical (unpaired) electrons. The molecule has 1 fully saturated rings. The van der Waals surface area contributed by atoms with Crippen LogP contribution < -0.4 is 16.6 Å². The zero-order valence-electron chi connectivity index (χ0n) is 14.5. The molecule has 1 saturated carbocycles. The molecule has 0 spiro atoms. The summed E-state index contributed by atoms with van der Waals surface area (Å²) < 4.78 is 1.51. The van der Waals surface area contributed by atoms with E-state index in [-0.39, 0.29) is 35.8 Å². The largest absolute Gasteiger partial charge is 0.349 e. The first kappa shape index (κ1) is 19.4. The number of hydrogen-bond acceptors (Lipinski definition) is 4. The Bertz CT molecular complexity index is 812. The fraction of sp³-hybridized carbons (Fsp3) is 0.500. The number of halogens is 1. The number of amides is 1. The number of carbonyl (C=O) groups excluding carboxylic acids is 1. The zero-order valence-corrected chi connectivity index (χ0v) is 15.3. The molecule has 0 atom stereocenters. The van der Waals surface area contributed by atoms with Crippen LogP contribution in [0.3, 0.4) is 0 Å². The van der Waals surface area contributed by atoms with Crippen LogP contribution in [0.2, 0.25) is 0 Å². The highest BCUT2D eigenvalue weighted by atomic mass is 35.5. The molecule has 1 aliphatic carbocycles. The van der Waals surface area contributed by atoms with Gasteiger partial charge in [-0.25, -0.2) is 4.98 Å². The highest BCUT2D eigenvalue weighted by Gasteiger charge is 2.33. The van der Waals surface area contributed by atoms with Crippen molar-refractivity contribution >= 4 is 29.2 Å². The lowest BCUT2D eigenvalue weighted by atomic mass is 9.97. The Balaban J connectivity index is 0.00000225. The average Bonchev–Trinajstić information content (AvgIpc) is 3.04. The van der Waals surface area contributed by atoms with Crippen molar-refractivity contribution in [3.05, 3.63) is 40.4 Å². The lowest BCUT2D eigenvalue weighted by Crippen LogP contribution is -2.51. The van der Waals surface area contributed by atoms with E-state index in [9.17, 15) is 9.59 Å². The standard InChI is InChI=1S/C18H24N4O2.ClH/c1-13-5-4-6-14-16(13)20-12-22(17(14)24)10-7-15(23)21-18(11-19)8-2-3-9-18;/h4-6,12H,2-3,7-11,19H2,1H3,(H,21,23);1H. The molecule has 3 N–H and O–H groups in total. The van der Waals surface area contributed by atoms with Crippen LogP contribution >= 0.6 is 12.4 Å². The molecule has 25 heavy (non-hydrogen) atoms. The molecule has 1 aliphatic rings. The van der Waals surface area contributed by atoms with Crippen molar-refractivity contribution < 1.29 is 4.79 Å². The first-order valence-electron chi connectivity index (χ1n) is 8.50. The number of hydrogen-bond donors (Lipinski definition) is 2. The highest BCUT2D eigenvalue weighted by Crippen LogP contribution is 2.28. The van der Waals surface area contributed by atoms with Gasteiger partial charge in [-0.05, 0) is 31.4 Å². The van der Waals surface area contributed by atoms with Gasteiger partial charge in [0, 0.05) is 19.5 Å².